The molecule has 0 aromatic carbocycles. The van der Waals surface area contributed by atoms with E-state index in [4.69, 9.17) is 4.74 Å². The number of carbonyl (C=O) groups is 1. The van der Waals surface area contributed by atoms with Gasteiger partial charge in [-0.05, 0) is 34.1 Å². The first-order valence-electron chi connectivity index (χ1n) is 7.71. The van der Waals surface area contributed by atoms with Crippen molar-refractivity contribution < 1.29 is 9.53 Å². The fraction of sp³-hybridized carbons (Fsp3) is 0.353. The molecule has 1 amide bonds. The maximum absolute atomic E-state index is 12.4. The average Bonchev–Trinajstić information content (AvgIpc) is 2.60. The third-order valence-electron chi connectivity index (χ3n) is 3.97. The van der Waals surface area contributed by atoms with E-state index < -0.39 is 0 Å². The molecule has 0 spiro atoms. The minimum absolute atomic E-state index is 0.0317. The molecule has 1 fully saturated rings. The molecule has 2 aromatic heterocycles. The normalized spacial score (nSPS) is 14.7. The molecule has 6 nitrogen and oxygen atoms in total. The third-order valence-corrected chi connectivity index (χ3v) is 4.40. The third kappa shape index (κ3) is 3.73. The summed E-state index contributed by atoms with van der Waals surface area (Å²) < 4.78 is 7.64. The quantitative estimate of drug-likeness (QED) is 0.796. The minimum atomic E-state index is -0.0477. The summed E-state index contributed by atoms with van der Waals surface area (Å²) in [6, 6.07) is 5.37. The van der Waals surface area contributed by atoms with Gasteiger partial charge in [-0.15, -0.1) is 0 Å². The molecule has 0 radical (unpaired) electrons. The minimum Gasteiger partial charge on any atom is -0.378 e. The summed E-state index contributed by atoms with van der Waals surface area (Å²) >= 11 is 3.39. The fourth-order valence-corrected chi connectivity index (χ4v) is 3.25. The molecular formula is C17H18BrN3O3. The van der Waals surface area contributed by atoms with Crippen LogP contribution >= 0.6 is 15.9 Å². The highest BCUT2D eigenvalue weighted by Crippen LogP contribution is 2.12. The number of aromatic nitrogens is 2. The van der Waals surface area contributed by atoms with E-state index in [1.165, 1.54) is 4.57 Å². The molecule has 0 bridgehead atoms. The summed E-state index contributed by atoms with van der Waals surface area (Å²) in [5, 5.41) is 0. The highest BCUT2D eigenvalue weighted by Gasteiger charge is 2.18. The molecule has 2 aromatic rings. The summed E-state index contributed by atoms with van der Waals surface area (Å²) in [6.07, 6.45) is 3.73. The summed E-state index contributed by atoms with van der Waals surface area (Å²) in [5.41, 5.74) is 1.92. The Morgan fingerprint density at radius 3 is 2.75 bits per heavy atom. The van der Waals surface area contributed by atoms with E-state index in [1.807, 2.05) is 0 Å². The topological polar surface area (TPSA) is 64.4 Å². The van der Waals surface area contributed by atoms with Gasteiger partial charge in [-0.25, -0.2) is 0 Å². The Morgan fingerprint density at radius 2 is 2.08 bits per heavy atom. The molecular weight excluding hydrogens is 374 g/mol. The van der Waals surface area contributed by atoms with Crippen molar-refractivity contribution in [3.8, 4) is 0 Å². The summed E-state index contributed by atoms with van der Waals surface area (Å²) in [5.74, 6) is -0.0317. The van der Waals surface area contributed by atoms with E-state index >= 15 is 0 Å². The van der Waals surface area contributed by atoms with E-state index in [0.717, 1.165) is 10.2 Å². The second-order valence-corrected chi connectivity index (χ2v) is 6.63. The Morgan fingerprint density at radius 1 is 1.33 bits per heavy atom. The van der Waals surface area contributed by atoms with Gasteiger partial charge in [0, 0.05) is 54.7 Å². The van der Waals surface area contributed by atoms with E-state index in [9.17, 15) is 9.59 Å². The number of hydrogen-bond acceptors (Lipinski definition) is 4. The van der Waals surface area contributed by atoms with Gasteiger partial charge < -0.3 is 14.2 Å². The number of nitrogens with zero attached hydrogens (tertiary/aromatic N) is 3. The number of hydrogen-bond donors (Lipinski definition) is 0. The monoisotopic (exact) mass is 391 g/mol. The van der Waals surface area contributed by atoms with Crippen LogP contribution in [-0.4, -0.2) is 46.7 Å². The van der Waals surface area contributed by atoms with Crippen LogP contribution in [0.5, 0.6) is 0 Å². The lowest BCUT2D eigenvalue weighted by molar-refractivity contribution is 0.0302. The Bertz CT molecular complexity index is 796. The van der Waals surface area contributed by atoms with Crippen LogP contribution < -0.4 is 5.56 Å². The number of aryl methyl sites for hydroxylation is 1. The zero-order valence-electron chi connectivity index (χ0n) is 13.4. The van der Waals surface area contributed by atoms with Crippen LogP contribution in [0.2, 0.25) is 0 Å². The second-order valence-electron chi connectivity index (χ2n) is 5.72. The fourth-order valence-electron chi connectivity index (χ4n) is 2.66. The molecule has 0 atom stereocenters. The molecule has 126 valence electrons. The molecule has 1 saturated heterocycles. The Hall–Kier alpha value is -1.99. The number of halogens is 1. The van der Waals surface area contributed by atoms with Gasteiger partial charge in [0.1, 0.15) is 0 Å². The molecule has 0 unspecified atom stereocenters. The van der Waals surface area contributed by atoms with Gasteiger partial charge in [0.25, 0.3) is 11.5 Å². The highest BCUT2D eigenvalue weighted by atomic mass is 79.9. The van der Waals surface area contributed by atoms with Crippen LogP contribution in [0.4, 0.5) is 0 Å². The largest absolute Gasteiger partial charge is 0.378 e. The van der Waals surface area contributed by atoms with Gasteiger partial charge in [-0.1, -0.05) is 0 Å². The van der Waals surface area contributed by atoms with Gasteiger partial charge in [0.2, 0.25) is 0 Å². The number of ether oxygens (including phenoxy) is 1. The van der Waals surface area contributed by atoms with Crippen molar-refractivity contribution in [2.24, 2.45) is 7.05 Å². The molecule has 0 N–H and O–H groups in total. The first-order chi connectivity index (χ1) is 11.5. The molecule has 3 rings (SSSR count). The SMILES string of the molecule is Cn1cc(Br)cc(Cc2ccc(C(=O)N3CCOCC3)cn2)c1=O. The second kappa shape index (κ2) is 7.27. The van der Waals surface area contributed by atoms with Crippen LogP contribution in [0.3, 0.4) is 0 Å². The average molecular weight is 392 g/mol. The van der Waals surface area contributed by atoms with Crippen molar-refractivity contribution in [2.45, 2.75) is 6.42 Å². The number of pyridine rings is 2. The van der Waals surface area contributed by atoms with Crippen LogP contribution in [0.15, 0.2) is 39.9 Å². The first kappa shape index (κ1) is 16.9. The van der Waals surface area contributed by atoms with E-state index in [-0.39, 0.29) is 11.5 Å². The molecule has 7 heteroatoms. The van der Waals surface area contributed by atoms with E-state index in [0.29, 0.717) is 43.9 Å². The van der Waals surface area contributed by atoms with Crippen LogP contribution in [0.1, 0.15) is 21.6 Å². The smallest absolute Gasteiger partial charge is 0.255 e. The molecule has 1 aliphatic rings. The Kier molecular flexibility index (Phi) is 5.11. The number of rotatable bonds is 3. The van der Waals surface area contributed by atoms with Crippen molar-refractivity contribution in [3.05, 3.63) is 62.2 Å². The number of amides is 1. The first-order valence-corrected chi connectivity index (χ1v) is 8.51. The van der Waals surface area contributed by atoms with Crippen molar-refractivity contribution in [1.82, 2.24) is 14.5 Å². The van der Waals surface area contributed by atoms with Gasteiger partial charge in [0.15, 0.2) is 0 Å². The van der Waals surface area contributed by atoms with Crippen molar-refractivity contribution in [1.29, 1.82) is 0 Å². The lowest BCUT2D eigenvalue weighted by Crippen LogP contribution is -2.40. The van der Waals surface area contributed by atoms with Gasteiger partial charge in [-0.3, -0.25) is 14.6 Å². The maximum Gasteiger partial charge on any atom is 0.255 e. The molecule has 3 heterocycles. The molecule has 24 heavy (non-hydrogen) atoms. The molecule has 0 saturated carbocycles. The molecule has 1 aliphatic heterocycles. The Labute approximate surface area is 148 Å². The van der Waals surface area contributed by atoms with Crippen molar-refractivity contribution >= 4 is 21.8 Å². The van der Waals surface area contributed by atoms with Crippen molar-refractivity contribution in [3.63, 3.8) is 0 Å². The zero-order chi connectivity index (χ0) is 17.1. The zero-order valence-corrected chi connectivity index (χ0v) is 15.0. The standard InChI is InChI=1S/C17H18BrN3O3/c1-20-11-14(18)8-13(16(20)22)9-15-3-2-12(10-19-15)17(23)21-4-6-24-7-5-21/h2-3,8,10-11H,4-7,9H2,1H3. The maximum atomic E-state index is 12.4. The van der Waals surface area contributed by atoms with Crippen molar-refractivity contribution in [2.75, 3.05) is 26.3 Å². The van der Waals surface area contributed by atoms with Crippen LogP contribution in [0.25, 0.3) is 0 Å². The van der Waals surface area contributed by atoms with Gasteiger partial charge in [-0.2, -0.15) is 0 Å². The molecule has 0 aliphatic carbocycles. The number of morpholine rings is 1. The summed E-state index contributed by atoms with van der Waals surface area (Å²) in [4.78, 5) is 30.6. The van der Waals surface area contributed by atoms with E-state index in [2.05, 4.69) is 20.9 Å². The lowest BCUT2D eigenvalue weighted by Gasteiger charge is -2.26. The predicted molar refractivity (Wildman–Crippen MR) is 93.1 cm³/mol. The number of carbonyl (C=O) groups excluding carboxylic acids is 1. The van der Waals surface area contributed by atoms with Crippen LogP contribution in [-0.2, 0) is 18.2 Å². The highest BCUT2D eigenvalue weighted by molar-refractivity contribution is 9.10. The Balaban J connectivity index is 1.75. The van der Waals surface area contributed by atoms with Gasteiger partial charge >= 0.3 is 0 Å². The lowest BCUT2D eigenvalue weighted by atomic mass is 10.1. The predicted octanol–water partition coefficient (Wildman–Crippen LogP) is 1.61. The summed E-state index contributed by atoms with van der Waals surface area (Å²) in [7, 11) is 1.72. The van der Waals surface area contributed by atoms with Crippen LogP contribution in [0, 0.1) is 0 Å². The summed E-state index contributed by atoms with van der Waals surface area (Å²) in [6.45, 7) is 2.36. The van der Waals surface area contributed by atoms with Gasteiger partial charge in [0.05, 0.1) is 18.8 Å². The van der Waals surface area contributed by atoms with E-state index in [1.54, 1.807) is 42.5 Å².